The van der Waals surface area contributed by atoms with Crippen molar-refractivity contribution in [2.75, 3.05) is 18.5 Å². The number of amides is 1. The number of aryl methyl sites for hydroxylation is 3. The Kier molecular flexibility index (Phi) is 6.70. The first-order valence-corrected chi connectivity index (χ1v) is 11.1. The first kappa shape index (κ1) is 21.8. The summed E-state index contributed by atoms with van der Waals surface area (Å²) in [7, 11) is 0. The first-order chi connectivity index (χ1) is 15.6. The third-order valence-electron chi connectivity index (χ3n) is 5.58. The van der Waals surface area contributed by atoms with Crippen LogP contribution in [0.2, 0.25) is 0 Å². The van der Waals surface area contributed by atoms with Crippen LogP contribution < -0.4 is 11.0 Å². The molecule has 4 aromatic rings. The molecular weight excluding hydrogens is 406 g/mol. The Hall–Kier alpha value is -3.39. The number of benzene rings is 2. The molecule has 8 nitrogen and oxygen atoms in total. The SMILES string of the molecule is CCOCCCn1c(NC(=O)CCn2c(=O)n(CC)c3ccccc32)nc2ccccc21. The van der Waals surface area contributed by atoms with E-state index in [1.165, 1.54) is 0 Å². The zero-order valence-corrected chi connectivity index (χ0v) is 18.6. The van der Waals surface area contributed by atoms with Crippen LogP contribution in [0.5, 0.6) is 0 Å². The predicted molar refractivity (Wildman–Crippen MR) is 126 cm³/mol. The van der Waals surface area contributed by atoms with Crippen molar-refractivity contribution in [3.63, 3.8) is 0 Å². The molecule has 1 N–H and O–H groups in total. The van der Waals surface area contributed by atoms with Gasteiger partial charge in [-0.15, -0.1) is 0 Å². The lowest BCUT2D eigenvalue weighted by molar-refractivity contribution is -0.116. The number of carbonyl (C=O) groups excluding carboxylic acids is 1. The molecule has 0 aliphatic carbocycles. The van der Waals surface area contributed by atoms with Gasteiger partial charge in [0.2, 0.25) is 11.9 Å². The molecule has 32 heavy (non-hydrogen) atoms. The maximum Gasteiger partial charge on any atom is 0.329 e. The number of aromatic nitrogens is 4. The van der Waals surface area contributed by atoms with Crippen molar-refractivity contribution in [2.45, 2.75) is 46.3 Å². The summed E-state index contributed by atoms with van der Waals surface area (Å²) in [6.07, 6.45) is 1.00. The standard InChI is InChI=1S/C24H29N5O3/c1-3-27-20-12-7-8-13-21(20)29(24(27)31)16-14-22(30)26-23-25-18-10-5-6-11-19(18)28(23)15-9-17-32-4-2/h5-8,10-13H,3-4,9,14-17H2,1-2H3,(H,25,26,30). The van der Waals surface area contributed by atoms with Crippen LogP contribution in [0, 0.1) is 0 Å². The Labute approximate surface area is 186 Å². The number of ether oxygens (including phenoxy) is 1. The van der Waals surface area contributed by atoms with Crippen molar-refractivity contribution in [3.8, 4) is 0 Å². The minimum absolute atomic E-state index is 0.0929. The number of nitrogens with one attached hydrogen (secondary N) is 1. The van der Waals surface area contributed by atoms with Crippen LogP contribution in [0.25, 0.3) is 22.1 Å². The second kappa shape index (κ2) is 9.82. The van der Waals surface area contributed by atoms with E-state index in [1.54, 1.807) is 9.13 Å². The van der Waals surface area contributed by atoms with E-state index in [0.717, 1.165) is 28.5 Å². The molecule has 0 bridgehead atoms. The molecule has 2 aromatic carbocycles. The highest BCUT2D eigenvalue weighted by atomic mass is 16.5. The van der Waals surface area contributed by atoms with Crippen LogP contribution in [0.3, 0.4) is 0 Å². The second-order valence-electron chi connectivity index (χ2n) is 7.59. The fraction of sp³-hybridized carbons (Fsp3) is 0.375. The minimum atomic E-state index is -0.174. The molecule has 1 amide bonds. The average molecular weight is 436 g/mol. The number of hydrogen-bond acceptors (Lipinski definition) is 4. The Balaban J connectivity index is 1.51. The largest absolute Gasteiger partial charge is 0.382 e. The van der Waals surface area contributed by atoms with E-state index >= 15 is 0 Å². The molecule has 2 aromatic heterocycles. The summed E-state index contributed by atoms with van der Waals surface area (Å²) >= 11 is 0. The molecular formula is C24H29N5O3. The van der Waals surface area contributed by atoms with Crippen LogP contribution in [-0.2, 0) is 29.2 Å². The maximum absolute atomic E-state index is 12.8. The number of fused-ring (bicyclic) bond motifs is 2. The van der Waals surface area contributed by atoms with Gasteiger partial charge >= 0.3 is 5.69 Å². The molecule has 0 aliphatic rings. The van der Waals surface area contributed by atoms with Crippen LogP contribution in [0.4, 0.5) is 5.95 Å². The van der Waals surface area contributed by atoms with Crippen LogP contribution in [0.1, 0.15) is 26.7 Å². The van der Waals surface area contributed by atoms with Gasteiger partial charge in [0.05, 0.1) is 22.1 Å². The molecule has 0 saturated carbocycles. The molecule has 8 heteroatoms. The van der Waals surface area contributed by atoms with Crippen molar-refractivity contribution in [1.82, 2.24) is 18.7 Å². The highest BCUT2D eigenvalue weighted by Gasteiger charge is 2.15. The summed E-state index contributed by atoms with van der Waals surface area (Å²) < 4.78 is 10.9. The van der Waals surface area contributed by atoms with Gasteiger partial charge in [-0.3, -0.25) is 19.2 Å². The van der Waals surface area contributed by atoms with E-state index in [-0.39, 0.29) is 18.0 Å². The number of para-hydroxylation sites is 4. The van der Waals surface area contributed by atoms with Gasteiger partial charge < -0.3 is 9.30 Å². The Morgan fingerprint density at radius 2 is 1.62 bits per heavy atom. The molecule has 4 rings (SSSR count). The van der Waals surface area contributed by atoms with Gasteiger partial charge in [-0.25, -0.2) is 9.78 Å². The zero-order valence-electron chi connectivity index (χ0n) is 18.6. The molecule has 168 valence electrons. The number of rotatable bonds is 10. The topological polar surface area (TPSA) is 83.1 Å². The van der Waals surface area contributed by atoms with Gasteiger partial charge in [-0.05, 0) is 44.5 Å². The number of anilines is 1. The maximum atomic E-state index is 12.8. The van der Waals surface area contributed by atoms with Crippen molar-refractivity contribution < 1.29 is 9.53 Å². The van der Waals surface area contributed by atoms with Crippen LogP contribution in [-0.4, -0.2) is 37.8 Å². The summed E-state index contributed by atoms with van der Waals surface area (Å²) in [6, 6.07) is 15.5. The normalized spacial score (nSPS) is 11.4. The molecule has 0 saturated heterocycles. The van der Waals surface area contributed by atoms with Crippen molar-refractivity contribution >= 4 is 33.9 Å². The number of carbonyl (C=O) groups is 1. The lowest BCUT2D eigenvalue weighted by Gasteiger charge is -2.10. The first-order valence-electron chi connectivity index (χ1n) is 11.1. The molecule has 0 aliphatic heterocycles. The highest BCUT2D eigenvalue weighted by Crippen LogP contribution is 2.20. The van der Waals surface area contributed by atoms with E-state index in [0.29, 0.717) is 38.8 Å². The Morgan fingerprint density at radius 3 is 2.34 bits per heavy atom. The lowest BCUT2D eigenvalue weighted by Crippen LogP contribution is -2.26. The number of hydrogen-bond donors (Lipinski definition) is 1. The second-order valence-corrected chi connectivity index (χ2v) is 7.59. The monoisotopic (exact) mass is 435 g/mol. The van der Waals surface area contributed by atoms with Gasteiger partial charge in [0, 0.05) is 39.3 Å². The molecule has 0 fully saturated rings. The van der Waals surface area contributed by atoms with Gasteiger partial charge in [-0.2, -0.15) is 0 Å². The van der Waals surface area contributed by atoms with Gasteiger partial charge in [0.1, 0.15) is 0 Å². The summed E-state index contributed by atoms with van der Waals surface area (Å²) in [4.78, 5) is 30.2. The average Bonchev–Trinajstić information content (AvgIpc) is 3.28. The smallest absolute Gasteiger partial charge is 0.329 e. The van der Waals surface area contributed by atoms with E-state index < -0.39 is 0 Å². The van der Waals surface area contributed by atoms with E-state index in [1.807, 2.05) is 66.9 Å². The van der Waals surface area contributed by atoms with Crippen LogP contribution >= 0.6 is 0 Å². The highest BCUT2D eigenvalue weighted by molar-refractivity contribution is 5.91. The predicted octanol–water partition coefficient (Wildman–Crippen LogP) is 3.63. The minimum Gasteiger partial charge on any atom is -0.382 e. The van der Waals surface area contributed by atoms with E-state index in [9.17, 15) is 9.59 Å². The number of nitrogens with zero attached hydrogens (tertiary/aromatic N) is 4. The molecule has 0 unspecified atom stereocenters. The lowest BCUT2D eigenvalue weighted by atomic mass is 10.3. The van der Waals surface area contributed by atoms with E-state index in [2.05, 4.69) is 10.3 Å². The van der Waals surface area contributed by atoms with Gasteiger partial charge in [-0.1, -0.05) is 24.3 Å². The summed E-state index contributed by atoms with van der Waals surface area (Å²) in [5, 5.41) is 2.95. The van der Waals surface area contributed by atoms with Crippen molar-refractivity contribution in [2.24, 2.45) is 0 Å². The summed E-state index contributed by atoms with van der Waals surface area (Å²) in [5.41, 5.74) is 3.44. The summed E-state index contributed by atoms with van der Waals surface area (Å²) in [6.45, 7) is 6.85. The zero-order chi connectivity index (χ0) is 22.5. The van der Waals surface area contributed by atoms with Crippen LogP contribution in [0.15, 0.2) is 53.3 Å². The molecule has 0 radical (unpaired) electrons. The van der Waals surface area contributed by atoms with Gasteiger partial charge in [0.25, 0.3) is 0 Å². The third-order valence-corrected chi connectivity index (χ3v) is 5.58. The Bertz CT molecular complexity index is 1280. The van der Waals surface area contributed by atoms with E-state index in [4.69, 9.17) is 4.74 Å². The molecule has 0 atom stereocenters. The van der Waals surface area contributed by atoms with Crippen molar-refractivity contribution in [1.29, 1.82) is 0 Å². The Morgan fingerprint density at radius 1 is 0.938 bits per heavy atom. The fourth-order valence-corrected chi connectivity index (χ4v) is 4.06. The molecule has 2 heterocycles. The molecule has 0 spiro atoms. The summed E-state index contributed by atoms with van der Waals surface area (Å²) in [5.74, 6) is 0.350. The van der Waals surface area contributed by atoms with Gasteiger partial charge in [0.15, 0.2) is 0 Å². The number of imidazole rings is 2. The quantitative estimate of drug-likeness (QED) is 0.386. The van der Waals surface area contributed by atoms with Crippen molar-refractivity contribution in [3.05, 3.63) is 59.0 Å². The third kappa shape index (κ3) is 4.31. The fourth-order valence-electron chi connectivity index (χ4n) is 4.06.